The number of nitro benzene ring substituents is 1. The molecule has 0 heterocycles. The summed E-state index contributed by atoms with van der Waals surface area (Å²) in [7, 11) is 0. The Balaban J connectivity index is 2.64. The summed E-state index contributed by atoms with van der Waals surface area (Å²) >= 11 is 0. The van der Waals surface area contributed by atoms with E-state index in [1.807, 2.05) is 6.92 Å². The summed E-state index contributed by atoms with van der Waals surface area (Å²) in [4.78, 5) is 23.0. The summed E-state index contributed by atoms with van der Waals surface area (Å²) in [5.74, 6) is -0.312. The average molecular weight is 255 g/mol. The number of nitro groups is 1. The standard InChI is InChI=1S/C15H13NO3/c1-10-8-9-13(16(18)19)14(11(10)2)15(17)12-6-4-3-5-7-12/h3-9H,1-2H3. The number of carbonyl (C=O) groups excluding carboxylic acids is 1. The molecule has 0 radical (unpaired) electrons. The third-order valence-corrected chi connectivity index (χ3v) is 3.17. The summed E-state index contributed by atoms with van der Waals surface area (Å²) in [5.41, 5.74) is 2.01. The van der Waals surface area contributed by atoms with Gasteiger partial charge in [0.05, 0.1) is 4.92 Å². The fraction of sp³-hybridized carbons (Fsp3) is 0.133. The fourth-order valence-corrected chi connectivity index (χ4v) is 1.97. The summed E-state index contributed by atoms with van der Waals surface area (Å²) in [6.07, 6.45) is 0. The van der Waals surface area contributed by atoms with Gasteiger partial charge in [-0.2, -0.15) is 0 Å². The molecule has 4 heteroatoms. The maximum absolute atomic E-state index is 12.4. The SMILES string of the molecule is Cc1ccc([N+](=O)[O-])c(C(=O)c2ccccc2)c1C. The van der Waals surface area contributed by atoms with Crippen LogP contribution in [-0.4, -0.2) is 10.7 Å². The molecule has 0 bridgehead atoms. The minimum atomic E-state index is -0.511. The fourth-order valence-electron chi connectivity index (χ4n) is 1.97. The number of hydrogen-bond acceptors (Lipinski definition) is 3. The van der Waals surface area contributed by atoms with Crippen molar-refractivity contribution in [3.8, 4) is 0 Å². The maximum Gasteiger partial charge on any atom is 0.280 e. The van der Waals surface area contributed by atoms with Gasteiger partial charge < -0.3 is 0 Å². The quantitative estimate of drug-likeness (QED) is 0.479. The zero-order valence-electron chi connectivity index (χ0n) is 10.7. The molecule has 0 aromatic heterocycles. The molecule has 0 aliphatic rings. The molecule has 0 fully saturated rings. The second-order valence-electron chi connectivity index (χ2n) is 4.35. The number of rotatable bonds is 3. The first-order chi connectivity index (χ1) is 9.02. The lowest BCUT2D eigenvalue weighted by Gasteiger charge is -2.08. The van der Waals surface area contributed by atoms with Crippen LogP contribution in [0.25, 0.3) is 0 Å². The molecule has 0 atom stereocenters. The van der Waals surface area contributed by atoms with E-state index in [2.05, 4.69) is 0 Å². The van der Waals surface area contributed by atoms with E-state index in [1.165, 1.54) is 6.07 Å². The highest BCUT2D eigenvalue weighted by molar-refractivity contribution is 6.12. The highest BCUT2D eigenvalue weighted by Gasteiger charge is 2.24. The van der Waals surface area contributed by atoms with Crippen LogP contribution in [0.2, 0.25) is 0 Å². The van der Waals surface area contributed by atoms with Crippen LogP contribution in [0.5, 0.6) is 0 Å². The van der Waals surface area contributed by atoms with Crippen molar-refractivity contribution in [2.45, 2.75) is 13.8 Å². The molecule has 0 unspecified atom stereocenters. The Hall–Kier alpha value is -2.49. The Morgan fingerprint density at radius 1 is 1.05 bits per heavy atom. The van der Waals surface area contributed by atoms with Gasteiger partial charge in [-0.3, -0.25) is 14.9 Å². The number of aryl methyl sites for hydroxylation is 1. The number of ketones is 1. The average Bonchev–Trinajstić information content (AvgIpc) is 2.41. The van der Waals surface area contributed by atoms with E-state index in [-0.39, 0.29) is 17.0 Å². The van der Waals surface area contributed by atoms with Gasteiger partial charge in [0.15, 0.2) is 5.78 Å². The van der Waals surface area contributed by atoms with E-state index < -0.39 is 4.92 Å². The van der Waals surface area contributed by atoms with Crippen LogP contribution in [0.4, 0.5) is 5.69 Å². The first-order valence-electron chi connectivity index (χ1n) is 5.86. The minimum Gasteiger partial charge on any atom is -0.288 e. The maximum atomic E-state index is 12.4. The highest BCUT2D eigenvalue weighted by atomic mass is 16.6. The largest absolute Gasteiger partial charge is 0.288 e. The molecule has 0 aliphatic carbocycles. The highest BCUT2D eigenvalue weighted by Crippen LogP contribution is 2.27. The monoisotopic (exact) mass is 255 g/mol. The van der Waals surface area contributed by atoms with E-state index in [1.54, 1.807) is 43.3 Å². The molecule has 4 nitrogen and oxygen atoms in total. The van der Waals surface area contributed by atoms with E-state index in [0.717, 1.165) is 5.56 Å². The van der Waals surface area contributed by atoms with Gasteiger partial charge in [-0.05, 0) is 25.0 Å². The van der Waals surface area contributed by atoms with Gasteiger partial charge in [0.1, 0.15) is 5.56 Å². The third-order valence-electron chi connectivity index (χ3n) is 3.17. The molecule has 0 spiro atoms. The normalized spacial score (nSPS) is 10.2. The van der Waals surface area contributed by atoms with Crippen molar-refractivity contribution in [1.82, 2.24) is 0 Å². The molecular weight excluding hydrogens is 242 g/mol. The molecule has 0 saturated heterocycles. The zero-order chi connectivity index (χ0) is 14.0. The lowest BCUT2D eigenvalue weighted by Crippen LogP contribution is -2.08. The van der Waals surface area contributed by atoms with Gasteiger partial charge in [-0.15, -0.1) is 0 Å². The van der Waals surface area contributed by atoms with Gasteiger partial charge in [0.25, 0.3) is 5.69 Å². The van der Waals surface area contributed by atoms with E-state index >= 15 is 0 Å². The van der Waals surface area contributed by atoms with Crippen LogP contribution in [0.15, 0.2) is 42.5 Å². The smallest absolute Gasteiger partial charge is 0.280 e. The lowest BCUT2D eigenvalue weighted by atomic mass is 9.94. The molecule has 0 saturated carbocycles. The number of hydrogen-bond donors (Lipinski definition) is 0. The van der Waals surface area contributed by atoms with Crippen molar-refractivity contribution < 1.29 is 9.72 Å². The van der Waals surface area contributed by atoms with Crippen LogP contribution in [0.3, 0.4) is 0 Å². The van der Waals surface area contributed by atoms with Crippen molar-refractivity contribution in [3.63, 3.8) is 0 Å². The molecule has 0 N–H and O–H groups in total. The van der Waals surface area contributed by atoms with Crippen LogP contribution >= 0.6 is 0 Å². The van der Waals surface area contributed by atoms with Crippen LogP contribution in [-0.2, 0) is 0 Å². The number of benzene rings is 2. The van der Waals surface area contributed by atoms with Crippen molar-refractivity contribution >= 4 is 11.5 Å². The van der Waals surface area contributed by atoms with E-state index in [9.17, 15) is 14.9 Å². The molecule has 2 rings (SSSR count). The van der Waals surface area contributed by atoms with Gasteiger partial charge in [-0.1, -0.05) is 36.4 Å². The molecular formula is C15H13NO3. The van der Waals surface area contributed by atoms with Crippen LogP contribution in [0, 0.1) is 24.0 Å². The molecule has 0 aliphatic heterocycles. The van der Waals surface area contributed by atoms with E-state index in [0.29, 0.717) is 11.1 Å². The van der Waals surface area contributed by atoms with Gasteiger partial charge in [-0.25, -0.2) is 0 Å². The summed E-state index contributed by atoms with van der Waals surface area (Å²) in [5, 5.41) is 11.1. The molecule has 2 aromatic carbocycles. The second-order valence-corrected chi connectivity index (χ2v) is 4.35. The van der Waals surface area contributed by atoms with Gasteiger partial charge in [0.2, 0.25) is 0 Å². The number of nitrogens with zero attached hydrogens (tertiary/aromatic N) is 1. The van der Waals surface area contributed by atoms with Crippen molar-refractivity contribution in [1.29, 1.82) is 0 Å². The Bertz CT molecular complexity index is 648. The van der Waals surface area contributed by atoms with E-state index in [4.69, 9.17) is 0 Å². The molecule has 96 valence electrons. The molecule has 0 amide bonds. The first-order valence-corrected chi connectivity index (χ1v) is 5.86. The first kappa shape index (κ1) is 13.0. The van der Waals surface area contributed by atoms with Gasteiger partial charge in [0, 0.05) is 11.6 Å². The van der Waals surface area contributed by atoms with Gasteiger partial charge >= 0.3 is 0 Å². The topological polar surface area (TPSA) is 60.2 Å². The summed E-state index contributed by atoms with van der Waals surface area (Å²) in [6.45, 7) is 3.57. The molecule has 2 aromatic rings. The van der Waals surface area contributed by atoms with Crippen LogP contribution < -0.4 is 0 Å². The van der Waals surface area contributed by atoms with Crippen molar-refractivity contribution in [3.05, 3.63) is 74.8 Å². The third kappa shape index (κ3) is 2.38. The Morgan fingerprint density at radius 2 is 1.68 bits per heavy atom. The zero-order valence-corrected chi connectivity index (χ0v) is 10.7. The van der Waals surface area contributed by atoms with Crippen molar-refractivity contribution in [2.75, 3.05) is 0 Å². The summed E-state index contributed by atoms with van der Waals surface area (Å²) < 4.78 is 0. The predicted molar refractivity (Wildman–Crippen MR) is 72.4 cm³/mol. The lowest BCUT2D eigenvalue weighted by molar-refractivity contribution is -0.385. The van der Waals surface area contributed by atoms with Crippen LogP contribution in [0.1, 0.15) is 27.0 Å². The minimum absolute atomic E-state index is 0.142. The Labute approximate surface area is 110 Å². The predicted octanol–water partition coefficient (Wildman–Crippen LogP) is 3.44. The summed E-state index contributed by atoms with van der Waals surface area (Å²) in [6, 6.07) is 11.7. The Morgan fingerprint density at radius 3 is 2.26 bits per heavy atom. The van der Waals surface area contributed by atoms with Crippen molar-refractivity contribution in [2.24, 2.45) is 0 Å². The Kier molecular flexibility index (Phi) is 3.42. The second kappa shape index (κ2) is 5.02. The molecule has 19 heavy (non-hydrogen) atoms. The number of carbonyl (C=O) groups is 1.